The van der Waals surface area contributed by atoms with Gasteiger partial charge in [-0.3, -0.25) is 10.1 Å². The van der Waals surface area contributed by atoms with Gasteiger partial charge in [-0.15, -0.1) is 0 Å². The molecule has 2 atom stereocenters. The van der Waals surface area contributed by atoms with E-state index in [0.29, 0.717) is 6.54 Å². The topological polar surface area (TPSA) is 41.1 Å². The first-order chi connectivity index (χ1) is 8.56. The van der Waals surface area contributed by atoms with Crippen LogP contribution in [-0.4, -0.2) is 18.5 Å². The standard InChI is InChI=1S/C14H21ClN2O/c1-4-9-16-14(18)11(3)17-10(2)12-7-5-6-8-13(12)15/h5-8,10-11,17H,4,9H2,1-3H3,(H,16,18)/t10-,11?/m0/s1. The first-order valence-corrected chi connectivity index (χ1v) is 6.72. The zero-order chi connectivity index (χ0) is 13.5. The summed E-state index contributed by atoms with van der Waals surface area (Å²) in [5, 5.41) is 6.84. The molecule has 0 radical (unpaired) electrons. The molecule has 0 aliphatic carbocycles. The summed E-state index contributed by atoms with van der Waals surface area (Å²) in [6.07, 6.45) is 0.943. The van der Waals surface area contributed by atoms with Crippen LogP contribution in [0.5, 0.6) is 0 Å². The molecule has 0 aliphatic heterocycles. The van der Waals surface area contributed by atoms with Gasteiger partial charge in [0.2, 0.25) is 5.91 Å². The lowest BCUT2D eigenvalue weighted by Crippen LogP contribution is -2.43. The van der Waals surface area contributed by atoms with Gasteiger partial charge in [0.15, 0.2) is 0 Å². The smallest absolute Gasteiger partial charge is 0.236 e. The summed E-state index contributed by atoms with van der Waals surface area (Å²) in [5.74, 6) is 0.0238. The van der Waals surface area contributed by atoms with E-state index in [1.807, 2.05) is 45.0 Å². The second-order valence-electron chi connectivity index (χ2n) is 4.42. The molecule has 1 unspecified atom stereocenters. The molecule has 1 amide bonds. The van der Waals surface area contributed by atoms with Crippen LogP contribution in [0.4, 0.5) is 0 Å². The van der Waals surface area contributed by atoms with E-state index in [2.05, 4.69) is 10.6 Å². The van der Waals surface area contributed by atoms with Crippen molar-refractivity contribution in [3.8, 4) is 0 Å². The minimum Gasteiger partial charge on any atom is -0.355 e. The van der Waals surface area contributed by atoms with Crippen molar-refractivity contribution in [1.29, 1.82) is 0 Å². The average molecular weight is 269 g/mol. The summed E-state index contributed by atoms with van der Waals surface area (Å²) in [6, 6.07) is 7.48. The van der Waals surface area contributed by atoms with Gasteiger partial charge in [0.25, 0.3) is 0 Å². The number of carbonyl (C=O) groups excluding carboxylic acids is 1. The molecule has 1 rings (SSSR count). The van der Waals surface area contributed by atoms with Gasteiger partial charge in [-0.25, -0.2) is 0 Å². The third kappa shape index (κ3) is 4.31. The summed E-state index contributed by atoms with van der Waals surface area (Å²) >= 11 is 6.13. The number of halogens is 1. The molecule has 0 aromatic heterocycles. The van der Waals surface area contributed by atoms with Crippen LogP contribution in [0.15, 0.2) is 24.3 Å². The number of amides is 1. The fraction of sp³-hybridized carbons (Fsp3) is 0.500. The number of benzene rings is 1. The van der Waals surface area contributed by atoms with E-state index in [0.717, 1.165) is 17.0 Å². The van der Waals surface area contributed by atoms with Crippen molar-refractivity contribution in [3.63, 3.8) is 0 Å². The van der Waals surface area contributed by atoms with Gasteiger partial charge in [-0.2, -0.15) is 0 Å². The number of hydrogen-bond donors (Lipinski definition) is 2. The number of hydrogen-bond acceptors (Lipinski definition) is 2. The van der Waals surface area contributed by atoms with Crippen LogP contribution >= 0.6 is 11.6 Å². The van der Waals surface area contributed by atoms with Crippen molar-refractivity contribution in [3.05, 3.63) is 34.9 Å². The van der Waals surface area contributed by atoms with Crippen molar-refractivity contribution in [2.75, 3.05) is 6.54 Å². The summed E-state index contributed by atoms with van der Waals surface area (Å²) in [4.78, 5) is 11.7. The van der Waals surface area contributed by atoms with E-state index in [1.54, 1.807) is 0 Å². The second-order valence-corrected chi connectivity index (χ2v) is 4.83. The monoisotopic (exact) mass is 268 g/mol. The molecule has 4 heteroatoms. The lowest BCUT2D eigenvalue weighted by molar-refractivity contribution is -0.122. The Morgan fingerprint density at radius 3 is 2.61 bits per heavy atom. The van der Waals surface area contributed by atoms with Crippen LogP contribution in [0.25, 0.3) is 0 Å². The summed E-state index contributed by atoms with van der Waals surface area (Å²) in [5.41, 5.74) is 1.01. The van der Waals surface area contributed by atoms with Crippen LogP contribution in [-0.2, 0) is 4.79 Å². The van der Waals surface area contributed by atoms with Gasteiger partial charge in [0.05, 0.1) is 6.04 Å². The van der Waals surface area contributed by atoms with Crippen LogP contribution < -0.4 is 10.6 Å². The highest BCUT2D eigenvalue weighted by Gasteiger charge is 2.16. The molecule has 100 valence electrons. The Kier molecular flexibility index (Phi) is 6.16. The summed E-state index contributed by atoms with van der Waals surface area (Å²) in [7, 11) is 0. The normalized spacial score (nSPS) is 14.0. The summed E-state index contributed by atoms with van der Waals surface area (Å²) < 4.78 is 0. The molecular weight excluding hydrogens is 248 g/mol. The molecule has 0 saturated heterocycles. The Balaban J connectivity index is 2.57. The molecule has 0 saturated carbocycles. The predicted molar refractivity (Wildman–Crippen MR) is 75.8 cm³/mol. The predicted octanol–water partition coefficient (Wildman–Crippen LogP) is 2.91. The Labute approximate surface area is 114 Å². The third-order valence-electron chi connectivity index (χ3n) is 2.81. The highest BCUT2D eigenvalue weighted by molar-refractivity contribution is 6.31. The van der Waals surface area contributed by atoms with E-state index in [4.69, 9.17) is 11.6 Å². The van der Waals surface area contributed by atoms with E-state index in [1.165, 1.54) is 0 Å². The van der Waals surface area contributed by atoms with Gasteiger partial charge in [-0.05, 0) is 31.9 Å². The molecule has 18 heavy (non-hydrogen) atoms. The average Bonchev–Trinajstić information content (AvgIpc) is 2.36. The van der Waals surface area contributed by atoms with E-state index >= 15 is 0 Å². The lowest BCUT2D eigenvalue weighted by atomic mass is 10.1. The quantitative estimate of drug-likeness (QED) is 0.833. The molecule has 2 N–H and O–H groups in total. The highest BCUT2D eigenvalue weighted by Crippen LogP contribution is 2.22. The van der Waals surface area contributed by atoms with Crippen molar-refractivity contribution >= 4 is 17.5 Å². The van der Waals surface area contributed by atoms with E-state index in [-0.39, 0.29) is 18.0 Å². The van der Waals surface area contributed by atoms with Gasteiger partial charge < -0.3 is 5.32 Å². The highest BCUT2D eigenvalue weighted by atomic mass is 35.5. The van der Waals surface area contributed by atoms with Gasteiger partial charge in [-0.1, -0.05) is 36.7 Å². The van der Waals surface area contributed by atoms with E-state index < -0.39 is 0 Å². The zero-order valence-corrected chi connectivity index (χ0v) is 11.9. The lowest BCUT2D eigenvalue weighted by Gasteiger charge is -2.20. The fourth-order valence-corrected chi connectivity index (χ4v) is 2.07. The minimum atomic E-state index is -0.233. The Hall–Kier alpha value is -1.06. The molecular formula is C14H21ClN2O. The first-order valence-electron chi connectivity index (χ1n) is 6.34. The second kappa shape index (κ2) is 7.39. The number of nitrogens with one attached hydrogen (secondary N) is 2. The van der Waals surface area contributed by atoms with Crippen molar-refractivity contribution in [2.24, 2.45) is 0 Å². The SMILES string of the molecule is CCCNC(=O)C(C)N[C@@H](C)c1ccccc1Cl. The van der Waals surface area contributed by atoms with Crippen LogP contribution in [0.1, 0.15) is 38.8 Å². The van der Waals surface area contributed by atoms with Crippen molar-refractivity contribution in [1.82, 2.24) is 10.6 Å². The molecule has 1 aromatic carbocycles. The molecule has 0 heterocycles. The molecule has 0 fully saturated rings. The van der Waals surface area contributed by atoms with Crippen LogP contribution in [0.2, 0.25) is 5.02 Å². The number of rotatable bonds is 6. The molecule has 3 nitrogen and oxygen atoms in total. The maximum atomic E-state index is 11.7. The van der Waals surface area contributed by atoms with Gasteiger partial charge in [0.1, 0.15) is 0 Å². The van der Waals surface area contributed by atoms with Crippen LogP contribution in [0, 0.1) is 0 Å². The Bertz CT molecular complexity index is 395. The summed E-state index contributed by atoms with van der Waals surface area (Å²) in [6.45, 7) is 6.61. The van der Waals surface area contributed by atoms with E-state index in [9.17, 15) is 4.79 Å². The van der Waals surface area contributed by atoms with Crippen LogP contribution in [0.3, 0.4) is 0 Å². The maximum Gasteiger partial charge on any atom is 0.236 e. The first kappa shape index (κ1) is 15.0. The third-order valence-corrected chi connectivity index (χ3v) is 3.16. The molecule has 1 aromatic rings. The molecule has 0 spiro atoms. The molecule has 0 aliphatic rings. The van der Waals surface area contributed by atoms with Gasteiger partial charge >= 0.3 is 0 Å². The Morgan fingerprint density at radius 1 is 1.33 bits per heavy atom. The maximum absolute atomic E-state index is 11.7. The Morgan fingerprint density at radius 2 is 2.00 bits per heavy atom. The number of carbonyl (C=O) groups is 1. The minimum absolute atomic E-state index is 0.0238. The van der Waals surface area contributed by atoms with Crippen molar-refractivity contribution < 1.29 is 4.79 Å². The van der Waals surface area contributed by atoms with Gasteiger partial charge in [0, 0.05) is 17.6 Å². The molecule has 0 bridgehead atoms. The fourth-order valence-electron chi connectivity index (χ4n) is 1.77. The zero-order valence-electron chi connectivity index (χ0n) is 11.2. The van der Waals surface area contributed by atoms with Crippen molar-refractivity contribution in [2.45, 2.75) is 39.3 Å². The largest absolute Gasteiger partial charge is 0.355 e.